The predicted octanol–water partition coefficient (Wildman–Crippen LogP) is 4.25. The molecule has 1 aromatic carbocycles. The standard InChI is InChI=1S/C18H22N2S/c1-13-6-7-18-15(10-13)16-12-20(8-2-5-17(16)19-18)11-14-4-3-9-21-14/h4,6-7,10,19H,2-3,5,8-9,11-12H2,1H3. The number of thioether (sulfide) groups is 1. The Bertz CT molecular complexity index is 699. The molecule has 1 aromatic heterocycles. The number of aromatic amines is 1. The smallest absolute Gasteiger partial charge is 0.0459 e. The zero-order chi connectivity index (χ0) is 14.2. The Morgan fingerprint density at radius 2 is 2.29 bits per heavy atom. The van der Waals surface area contributed by atoms with Gasteiger partial charge in [-0.1, -0.05) is 17.7 Å². The van der Waals surface area contributed by atoms with Crippen LogP contribution in [0.5, 0.6) is 0 Å². The molecule has 0 bridgehead atoms. The molecule has 0 saturated carbocycles. The quantitative estimate of drug-likeness (QED) is 0.894. The van der Waals surface area contributed by atoms with Crippen molar-refractivity contribution in [3.8, 4) is 0 Å². The zero-order valence-electron chi connectivity index (χ0n) is 12.6. The molecular weight excluding hydrogens is 276 g/mol. The zero-order valence-corrected chi connectivity index (χ0v) is 13.4. The summed E-state index contributed by atoms with van der Waals surface area (Å²) in [5, 5.41) is 1.44. The summed E-state index contributed by atoms with van der Waals surface area (Å²) in [6.07, 6.45) is 6.13. The second-order valence-electron chi connectivity index (χ2n) is 6.25. The van der Waals surface area contributed by atoms with Crippen molar-refractivity contribution in [1.82, 2.24) is 9.88 Å². The van der Waals surface area contributed by atoms with Crippen LogP contribution in [0.2, 0.25) is 0 Å². The maximum atomic E-state index is 3.65. The van der Waals surface area contributed by atoms with Crippen molar-refractivity contribution >= 4 is 22.7 Å². The normalized spacial score (nSPS) is 19.6. The molecule has 2 aliphatic rings. The first kappa shape index (κ1) is 13.5. The average molecular weight is 298 g/mol. The number of rotatable bonds is 2. The molecule has 21 heavy (non-hydrogen) atoms. The van der Waals surface area contributed by atoms with Crippen LogP contribution in [-0.4, -0.2) is 28.7 Å². The highest BCUT2D eigenvalue weighted by Gasteiger charge is 2.20. The molecule has 2 aliphatic heterocycles. The fraction of sp³-hybridized carbons (Fsp3) is 0.444. The lowest BCUT2D eigenvalue weighted by molar-refractivity contribution is 0.298. The summed E-state index contributed by atoms with van der Waals surface area (Å²) in [6, 6.07) is 6.78. The molecular formula is C18H22N2S. The molecule has 0 spiro atoms. The molecule has 0 radical (unpaired) electrons. The Labute approximate surface area is 130 Å². The van der Waals surface area contributed by atoms with Gasteiger partial charge in [-0.25, -0.2) is 0 Å². The van der Waals surface area contributed by atoms with Crippen LogP contribution in [0.3, 0.4) is 0 Å². The lowest BCUT2D eigenvalue weighted by atomic mass is 10.1. The Morgan fingerprint density at radius 1 is 1.33 bits per heavy atom. The fourth-order valence-electron chi connectivity index (χ4n) is 3.53. The molecule has 1 N–H and O–H groups in total. The fourth-order valence-corrected chi connectivity index (χ4v) is 4.54. The van der Waals surface area contributed by atoms with E-state index in [2.05, 4.69) is 41.1 Å². The van der Waals surface area contributed by atoms with Crippen LogP contribution < -0.4 is 0 Å². The number of nitrogens with one attached hydrogen (secondary N) is 1. The van der Waals surface area contributed by atoms with Gasteiger partial charge >= 0.3 is 0 Å². The van der Waals surface area contributed by atoms with Crippen LogP contribution in [0.4, 0.5) is 0 Å². The lowest BCUT2D eigenvalue weighted by Gasteiger charge is -2.20. The van der Waals surface area contributed by atoms with Gasteiger partial charge in [-0.2, -0.15) is 0 Å². The van der Waals surface area contributed by atoms with E-state index in [4.69, 9.17) is 0 Å². The number of aryl methyl sites for hydroxylation is 2. The van der Waals surface area contributed by atoms with Crippen molar-refractivity contribution < 1.29 is 0 Å². The van der Waals surface area contributed by atoms with Gasteiger partial charge in [-0.15, -0.1) is 11.8 Å². The van der Waals surface area contributed by atoms with E-state index in [1.807, 2.05) is 11.8 Å². The van der Waals surface area contributed by atoms with Crippen LogP contribution in [0.25, 0.3) is 10.9 Å². The molecule has 0 unspecified atom stereocenters. The molecule has 0 aliphatic carbocycles. The summed E-state index contributed by atoms with van der Waals surface area (Å²) >= 11 is 2.04. The van der Waals surface area contributed by atoms with Gasteiger partial charge in [0, 0.05) is 35.4 Å². The third kappa shape index (κ3) is 2.65. The van der Waals surface area contributed by atoms with E-state index in [0.29, 0.717) is 0 Å². The third-order valence-corrected chi connectivity index (χ3v) is 5.70. The number of aromatic nitrogens is 1. The number of H-pyrrole nitrogens is 1. The summed E-state index contributed by atoms with van der Waals surface area (Å²) in [5.41, 5.74) is 5.66. The van der Waals surface area contributed by atoms with Crippen molar-refractivity contribution in [3.63, 3.8) is 0 Å². The van der Waals surface area contributed by atoms with Crippen LogP contribution >= 0.6 is 11.8 Å². The average Bonchev–Trinajstić information content (AvgIpc) is 3.03. The van der Waals surface area contributed by atoms with Crippen molar-refractivity contribution in [2.75, 3.05) is 18.8 Å². The highest BCUT2D eigenvalue weighted by molar-refractivity contribution is 8.03. The van der Waals surface area contributed by atoms with E-state index in [9.17, 15) is 0 Å². The van der Waals surface area contributed by atoms with Gasteiger partial charge in [0.2, 0.25) is 0 Å². The number of benzene rings is 1. The molecule has 2 nitrogen and oxygen atoms in total. The number of hydrogen-bond acceptors (Lipinski definition) is 2. The van der Waals surface area contributed by atoms with Gasteiger partial charge in [0.05, 0.1) is 0 Å². The summed E-state index contributed by atoms with van der Waals surface area (Å²) in [6.45, 7) is 5.64. The number of nitrogens with zero attached hydrogens (tertiary/aromatic N) is 1. The van der Waals surface area contributed by atoms with Gasteiger partial charge in [0.25, 0.3) is 0 Å². The van der Waals surface area contributed by atoms with E-state index in [1.54, 1.807) is 4.91 Å². The molecule has 3 heteroatoms. The Hall–Kier alpha value is -1.19. The first-order valence-electron chi connectivity index (χ1n) is 7.94. The Balaban J connectivity index is 1.66. The third-order valence-electron chi connectivity index (χ3n) is 4.59. The minimum atomic E-state index is 1.09. The maximum absolute atomic E-state index is 3.65. The number of fused-ring (bicyclic) bond motifs is 3. The topological polar surface area (TPSA) is 19.0 Å². The van der Waals surface area contributed by atoms with Crippen LogP contribution in [-0.2, 0) is 13.0 Å². The largest absolute Gasteiger partial charge is 0.358 e. The highest BCUT2D eigenvalue weighted by Crippen LogP contribution is 2.30. The van der Waals surface area contributed by atoms with Crippen molar-refractivity contribution in [1.29, 1.82) is 0 Å². The summed E-state index contributed by atoms with van der Waals surface area (Å²) in [7, 11) is 0. The molecule has 4 rings (SSSR count). The van der Waals surface area contributed by atoms with Crippen molar-refractivity contribution in [2.45, 2.75) is 32.7 Å². The Morgan fingerprint density at radius 3 is 3.14 bits per heavy atom. The minimum absolute atomic E-state index is 1.09. The molecule has 110 valence electrons. The van der Waals surface area contributed by atoms with E-state index >= 15 is 0 Å². The van der Waals surface area contributed by atoms with Gasteiger partial charge < -0.3 is 4.98 Å². The van der Waals surface area contributed by atoms with Crippen LogP contribution in [0.1, 0.15) is 29.7 Å². The molecule has 2 aromatic rings. The monoisotopic (exact) mass is 298 g/mol. The lowest BCUT2D eigenvalue weighted by Crippen LogP contribution is -2.24. The first-order chi connectivity index (χ1) is 10.3. The maximum Gasteiger partial charge on any atom is 0.0459 e. The summed E-state index contributed by atoms with van der Waals surface area (Å²) in [4.78, 5) is 7.86. The van der Waals surface area contributed by atoms with E-state index in [0.717, 1.165) is 13.1 Å². The van der Waals surface area contributed by atoms with Crippen LogP contribution in [0, 0.1) is 6.92 Å². The summed E-state index contributed by atoms with van der Waals surface area (Å²) in [5.74, 6) is 1.28. The van der Waals surface area contributed by atoms with E-state index < -0.39 is 0 Å². The number of hydrogen-bond donors (Lipinski definition) is 1. The van der Waals surface area contributed by atoms with Crippen molar-refractivity contribution in [3.05, 3.63) is 46.0 Å². The molecule has 3 heterocycles. The van der Waals surface area contributed by atoms with Crippen molar-refractivity contribution in [2.24, 2.45) is 0 Å². The van der Waals surface area contributed by atoms with Gasteiger partial charge in [0.15, 0.2) is 0 Å². The highest BCUT2D eigenvalue weighted by atomic mass is 32.2. The van der Waals surface area contributed by atoms with Gasteiger partial charge in [0.1, 0.15) is 0 Å². The SMILES string of the molecule is Cc1ccc2[nH]c3c(c2c1)CN(CC1=CCCS1)CCC3. The predicted molar refractivity (Wildman–Crippen MR) is 91.8 cm³/mol. The van der Waals surface area contributed by atoms with Crippen LogP contribution in [0.15, 0.2) is 29.2 Å². The molecule has 0 saturated heterocycles. The first-order valence-corrected chi connectivity index (χ1v) is 8.92. The second-order valence-corrected chi connectivity index (χ2v) is 7.47. The molecule has 0 atom stereocenters. The van der Waals surface area contributed by atoms with E-state index in [1.165, 1.54) is 59.3 Å². The Kier molecular flexibility index (Phi) is 3.56. The van der Waals surface area contributed by atoms with Gasteiger partial charge in [-0.05, 0) is 55.3 Å². The minimum Gasteiger partial charge on any atom is -0.358 e. The summed E-state index contributed by atoms with van der Waals surface area (Å²) < 4.78 is 0. The molecule has 0 amide bonds. The van der Waals surface area contributed by atoms with Gasteiger partial charge in [-0.3, -0.25) is 4.90 Å². The number of allylic oxidation sites excluding steroid dienone is 1. The van der Waals surface area contributed by atoms with E-state index in [-0.39, 0.29) is 0 Å². The second kappa shape index (κ2) is 5.54. The molecule has 0 fully saturated rings.